The Morgan fingerprint density at radius 3 is 1.12 bits per heavy atom. The molecule has 4 rings (SSSR count). The Bertz CT molecular complexity index is 1090. The van der Waals surface area contributed by atoms with Crippen molar-refractivity contribution in [1.82, 2.24) is 0 Å². The molecule has 0 atom stereocenters. The van der Waals surface area contributed by atoms with E-state index in [0.29, 0.717) is 37.1 Å². The lowest BCUT2D eigenvalue weighted by Gasteiger charge is -2.17. The Morgan fingerprint density at radius 2 is 0.758 bits per heavy atom. The van der Waals surface area contributed by atoms with E-state index >= 15 is 0 Å². The molecule has 0 aliphatic carbocycles. The van der Waals surface area contributed by atoms with Gasteiger partial charge >= 0.3 is 0 Å². The molecule has 4 aromatic rings. The predicted molar refractivity (Wildman–Crippen MR) is 133 cm³/mol. The van der Waals surface area contributed by atoms with Gasteiger partial charge in [0.05, 0.1) is 0 Å². The van der Waals surface area contributed by atoms with Crippen LogP contribution in [0.2, 0.25) is 0 Å². The van der Waals surface area contributed by atoms with E-state index in [1.165, 1.54) is 16.7 Å². The highest BCUT2D eigenvalue weighted by Crippen LogP contribution is 2.38. The van der Waals surface area contributed by atoms with Gasteiger partial charge in [-0.1, -0.05) is 95.6 Å². The summed E-state index contributed by atoms with van der Waals surface area (Å²) < 4.78 is 18.6. The lowest BCUT2D eigenvalue weighted by atomic mass is 10.1. The first-order valence-electron chi connectivity index (χ1n) is 11.2. The molecule has 0 fully saturated rings. The number of ether oxygens (including phenoxy) is 3. The fourth-order valence-electron chi connectivity index (χ4n) is 3.40. The first kappa shape index (κ1) is 22.5. The quantitative estimate of drug-likeness (QED) is 0.273. The van der Waals surface area contributed by atoms with Crippen molar-refractivity contribution >= 4 is 0 Å². The van der Waals surface area contributed by atoms with Crippen molar-refractivity contribution in [2.45, 2.75) is 40.6 Å². The molecule has 4 aromatic carbocycles. The van der Waals surface area contributed by atoms with Crippen molar-refractivity contribution in [3.63, 3.8) is 0 Å². The second-order valence-corrected chi connectivity index (χ2v) is 8.41. The van der Waals surface area contributed by atoms with Gasteiger partial charge in [-0.2, -0.15) is 0 Å². The van der Waals surface area contributed by atoms with Gasteiger partial charge in [0, 0.05) is 0 Å². The summed E-state index contributed by atoms with van der Waals surface area (Å²) in [5.41, 5.74) is 6.99. The van der Waals surface area contributed by atoms with Gasteiger partial charge in [-0.25, -0.2) is 0 Å². The first-order chi connectivity index (χ1) is 16.1. The van der Waals surface area contributed by atoms with Crippen molar-refractivity contribution in [2.24, 2.45) is 0 Å². The van der Waals surface area contributed by atoms with Gasteiger partial charge < -0.3 is 14.2 Å². The summed E-state index contributed by atoms with van der Waals surface area (Å²) in [5.74, 6) is 1.96. The topological polar surface area (TPSA) is 27.7 Å². The van der Waals surface area contributed by atoms with Crippen LogP contribution < -0.4 is 14.2 Å². The zero-order chi connectivity index (χ0) is 23.0. The predicted octanol–water partition coefficient (Wildman–Crippen LogP) is 7.35. The van der Waals surface area contributed by atoms with Gasteiger partial charge in [0.1, 0.15) is 19.8 Å². The molecule has 0 aliphatic rings. The molecule has 3 heteroatoms. The molecule has 0 saturated carbocycles. The second-order valence-electron chi connectivity index (χ2n) is 8.41. The smallest absolute Gasteiger partial charge is 0.203 e. The van der Waals surface area contributed by atoms with Crippen LogP contribution >= 0.6 is 0 Å². The third-order valence-electron chi connectivity index (χ3n) is 5.48. The van der Waals surface area contributed by atoms with Crippen LogP contribution in [0.25, 0.3) is 0 Å². The molecule has 0 heterocycles. The van der Waals surface area contributed by atoms with E-state index in [2.05, 4.69) is 93.6 Å². The van der Waals surface area contributed by atoms with Gasteiger partial charge in [-0.05, 0) is 49.6 Å². The van der Waals surface area contributed by atoms with Crippen LogP contribution in [0.5, 0.6) is 17.2 Å². The third kappa shape index (κ3) is 6.39. The van der Waals surface area contributed by atoms with E-state index in [-0.39, 0.29) is 0 Å². The number of hydrogen-bond acceptors (Lipinski definition) is 3. The second kappa shape index (κ2) is 10.7. The van der Waals surface area contributed by atoms with Crippen LogP contribution in [0.3, 0.4) is 0 Å². The van der Waals surface area contributed by atoms with Crippen molar-refractivity contribution in [2.75, 3.05) is 0 Å². The summed E-state index contributed by atoms with van der Waals surface area (Å²) in [6.07, 6.45) is 0. The third-order valence-corrected chi connectivity index (χ3v) is 5.48. The number of hydrogen-bond donors (Lipinski definition) is 0. The molecule has 168 valence electrons. The van der Waals surface area contributed by atoms with Crippen LogP contribution in [0.15, 0.2) is 91.0 Å². The fourth-order valence-corrected chi connectivity index (χ4v) is 3.40. The first-order valence-corrected chi connectivity index (χ1v) is 11.2. The van der Waals surface area contributed by atoms with E-state index in [9.17, 15) is 0 Å². The van der Waals surface area contributed by atoms with Gasteiger partial charge in [-0.15, -0.1) is 0 Å². The zero-order valence-electron chi connectivity index (χ0n) is 19.5. The van der Waals surface area contributed by atoms with Crippen molar-refractivity contribution in [1.29, 1.82) is 0 Å². The van der Waals surface area contributed by atoms with Crippen molar-refractivity contribution in [3.8, 4) is 17.2 Å². The summed E-state index contributed by atoms with van der Waals surface area (Å²) in [6, 6.07) is 30.8. The van der Waals surface area contributed by atoms with Gasteiger partial charge in [0.15, 0.2) is 11.5 Å². The number of aryl methyl sites for hydroxylation is 3. The molecule has 0 aromatic heterocycles. The van der Waals surface area contributed by atoms with E-state index in [1.807, 2.05) is 18.2 Å². The molecule has 0 bridgehead atoms. The Kier molecular flexibility index (Phi) is 7.31. The summed E-state index contributed by atoms with van der Waals surface area (Å²) in [4.78, 5) is 0. The maximum Gasteiger partial charge on any atom is 0.203 e. The Labute approximate surface area is 196 Å². The molecule has 3 nitrogen and oxygen atoms in total. The largest absolute Gasteiger partial charge is 0.485 e. The molecular formula is C30H30O3. The maximum atomic E-state index is 6.26. The van der Waals surface area contributed by atoms with Crippen LogP contribution in [0.1, 0.15) is 33.4 Å². The molecule has 0 spiro atoms. The van der Waals surface area contributed by atoms with Gasteiger partial charge in [-0.3, -0.25) is 0 Å². The Hall–Kier alpha value is -3.72. The normalized spacial score (nSPS) is 10.6. The molecular weight excluding hydrogens is 408 g/mol. The number of rotatable bonds is 9. The molecule has 33 heavy (non-hydrogen) atoms. The molecule has 0 radical (unpaired) electrons. The molecule has 0 aliphatic heterocycles. The highest BCUT2D eigenvalue weighted by molar-refractivity contribution is 5.51. The molecule has 0 unspecified atom stereocenters. The summed E-state index contributed by atoms with van der Waals surface area (Å²) in [6.45, 7) is 7.60. The Balaban J connectivity index is 1.53. The van der Waals surface area contributed by atoms with Crippen LogP contribution in [0, 0.1) is 20.8 Å². The van der Waals surface area contributed by atoms with Crippen molar-refractivity contribution in [3.05, 3.63) is 124 Å². The molecule has 0 amide bonds. The van der Waals surface area contributed by atoms with Gasteiger partial charge in [0.2, 0.25) is 5.75 Å². The minimum Gasteiger partial charge on any atom is -0.485 e. The molecule has 0 N–H and O–H groups in total. The lowest BCUT2D eigenvalue weighted by Crippen LogP contribution is -2.04. The monoisotopic (exact) mass is 438 g/mol. The minimum absolute atomic E-state index is 0.437. The summed E-state index contributed by atoms with van der Waals surface area (Å²) >= 11 is 0. The standard InChI is InChI=1S/C30H30O3/c1-22-7-13-25(14-8-22)19-31-28-5-4-6-29(32-20-26-15-9-23(2)10-16-26)30(28)33-21-27-17-11-24(3)12-18-27/h4-18H,19-21H2,1-3H3. The highest BCUT2D eigenvalue weighted by Gasteiger charge is 2.14. The van der Waals surface area contributed by atoms with E-state index < -0.39 is 0 Å². The minimum atomic E-state index is 0.437. The van der Waals surface area contributed by atoms with E-state index in [1.54, 1.807) is 0 Å². The number of para-hydroxylation sites is 1. The van der Waals surface area contributed by atoms with Crippen LogP contribution in [0.4, 0.5) is 0 Å². The maximum absolute atomic E-state index is 6.26. The summed E-state index contributed by atoms with van der Waals surface area (Å²) in [7, 11) is 0. The fraction of sp³-hybridized carbons (Fsp3) is 0.200. The van der Waals surface area contributed by atoms with E-state index in [4.69, 9.17) is 14.2 Å². The van der Waals surface area contributed by atoms with Crippen LogP contribution in [-0.4, -0.2) is 0 Å². The van der Waals surface area contributed by atoms with Crippen LogP contribution in [-0.2, 0) is 19.8 Å². The summed E-state index contributed by atoms with van der Waals surface area (Å²) in [5, 5.41) is 0. The SMILES string of the molecule is Cc1ccc(COc2cccc(OCc3ccc(C)cc3)c2OCc2ccc(C)cc2)cc1. The average Bonchev–Trinajstić information content (AvgIpc) is 2.83. The van der Waals surface area contributed by atoms with Gasteiger partial charge in [0.25, 0.3) is 0 Å². The Morgan fingerprint density at radius 1 is 0.424 bits per heavy atom. The van der Waals surface area contributed by atoms with E-state index in [0.717, 1.165) is 16.7 Å². The average molecular weight is 439 g/mol. The lowest BCUT2D eigenvalue weighted by molar-refractivity contribution is 0.230. The van der Waals surface area contributed by atoms with Crippen molar-refractivity contribution < 1.29 is 14.2 Å². The number of benzene rings is 4. The zero-order valence-corrected chi connectivity index (χ0v) is 19.5. The molecule has 0 saturated heterocycles. The highest BCUT2D eigenvalue weighted by atomic mass is 16.5.